The highest BCUT2D eigenvalue weighted by atomic mass is 127. The molecular formula is C12H8INO4. The molecule has 18 heavy (non-hydrogen) atoms. The van der Waals surface area contributed by atoms with Gasteiger partial charge in [-0.2, -0.15) is 0 Å². The summed E-state index contributed by atoms with van der Waals surface area (Å²) < 4.78 is 7.41. The largest absolute Gasteiger partial charge is 0.415 e. The summed E-state index contributed by atoms with van der Waals surface area (Å²) in [6.07, 6.45) is 0. The quantitative estimate of drug-likeness (QED) is 0.259. The maximum absolute atomic E-state index is 10.9. The lowest BCUT2D eigenvalue weighted by Gasteiger charge is -1.95. The maximum Gasteiger partial charge on any atom is 0.336 e. The Kier molecular flexibility index (Phi) is 5.32. The first kappa shape index (κ1) is 14.2. The summed E-state index contributed by atoms with van der Waals surface area (Å²) in [6.45, 7) is 1.81. The van der Waals surface area contributed by atoms with Gasteiger partial charge >= 0.3 is 11.3 Å². The van der Waals surface area contributed by atoms with Crippen molar-refractivity contribution in [1.82, 2.24) is 0 Å². The molecule has 0 aliphatic carbocycles. The van der Waals surface area contributed by atoms with E-state index in [0.717, 1.165) is 0 Å². The second-order valence-corrected chi connectivity index (χ2v) is 3.59. The van der Waals surface area contributed by atoms with Gasteiger partial charge in [0.15, 0.2) is 0 Å². The van der Waals surface area contributed by atoms with Crippen molar-refractivity contribution < 1.29 is 9.34 Å². The molecule has 0 radical (unpaired) electrons. The third kappa shape index (κ3) is 3.56. The van der Waals surface area contributed by atoms with E-state index in [4.69, 9.17) is 4.42 Å². The van der Waals surface area contributed by atoms with Gasteiger partial charge in [-0.15, -0.1) is 0 Å². The molecule has 2 aromatic rings. The predicted molar refractivity (Wildman–Crippen MR) is 76.6 cm³/mol. The Balaban J connectivity index is 0.000000357. The van der Waals surface area contributed by atoms with Gasteiger partial charge < -0.3 is 4.42 Å². The van der Waals surface area contributed by atoms with Gasteiger partial charge in [0.25, 0.3) is 0 Å². The Morgan fingerprint density at radius 3 is 2.56 bits per heavy atom. The van der Waals surface area contributed by atoms with Crippen molar-refractivity contribution in [2.45, 2.75) is 6.92 Å². The molecule has 0 aliphatic rings. The molecule has 0 bridgehead atoms. The van der Waals surface area contributed by atoms with E-state index in [1.54, 1.807) is 12.1 Å². The van der Waals surface area contributed by atoms with E-state index in [1.807, 2.05) is 29.5 Å². The second kappa shape index (κ2) is 6.76. The third-order valence-electron chi connectivity index (χ3n) is 1.92. The number of nitro groups is 1. The summed E-state index contributed by atoms with van der Waals surface area (Å²) in [5, 5.41) is 11.1. The molecule has 5 nitrogen and oxygen atoms in total. The van der Waals surface area contributed by atoms with Crippen molar-refractivity contribution in [2.75, 3.05) is 0 Å². The topological polar surface area (TPSA) is 73.3 Å². The highest BCUT2D eigenvalue weighted by molar-refractivity contribution is 14.1. The number of non-ortho nitro benzene ring substituents is 1. The van der Waals surface area contributed by atoms with E-state index >= 15 is 0 Å². The highest BCUT2D eigenvalue weighted by Crippen LogP contribution is 2.23. The number of fused-ring (bicyclic) bond motifs is 1. The first-order chi connectivity index (χ1) is 8.60. The Bertz CT molecular complexity index is 676. The van der Waals surface area contributed by atoms with E-state index < -0.39 is 10.5 Å². The smallest absolute Gasteiger partial charge is 0.336 e. The van der Waals surface area contributed by atoms with E-state index in [0.29, 0.717) is 5.39 Å². The van der Waals surface area contributed by atoms with E-state index in [1.165, 1.54) is 18.2 Å². The molecule has 0 amide bonds. The van der Waals surface area contributed by atoms with Crippen LogP contribution in [-0.4, -0.2) is 4.92 Å². The van der Waals surface area contributed by atoms with Crippen LogP contribution in [0.25, 0.3) is 11.0 Å². The summed E-state index contributed by atoms with van der Waals surface area (Å²) in [7, 11) is 0. The minimum absolute atomic E-state index is 0.0185. The van der Waals surface area contributed by atoms with Crippen LogP contribution in [0.4, 0.5) is 5.69 Å². The molecule has 0 atom stereocenters. The van der Waals surface area contributed by atoms with Gasteiger partial charge in [-0.05, 0) is 16.9 Å². The van der Waals surface area contributed by atoms with Crippen molar-refractivity contribution in [1.29, 1.82) is 0 Å². The molecule has 0 saturated heterocycles. The number of halogens is 1. The molecule has 0 fully saturated rings. The highest BCUT2D eigenvalue weighted by Gasteiger charge is 2.13. The number of nitro benzene ring substituents is 1. The summed E-state index contributed by atoms with van der Waals surface area (Å²) >= 11 is 1.99. The Morgan fingerprint density at radius 2 is 2.00 bits per heavy atom. The van der Waals surface area contributed by atoms with Crippen LogP contribution in [0.2, 0.25) is 0 Å². The zero-order valence-electron chi connectivity index (χ0n) is 9.34. The lowest BCUT2D eigenvalue weighted by molar-refractivity contribution is -0.383. The van der Waals surface area contributed by atoms with Crippen LogP contribution in [0.5, 0.6) is 0 Å². The standard InChI is InChI=1S/C9H5NO4.C3H3I/c11-8-5-4-6-2-1-3-7(10(12)13)9(6)14-8;1-2-3-4/h1-5H;1H3. The molecular weight excluding hydrogens is 349 g/mol. The number of hydrogen-bond donors (Lipinski definition) is 0. The lowest BCUT2D eigenvalue weighted by atomic mass is 10.2. The minimum Gasteiger partial charge on any atom is -0.415 e. The summed E-state index contributed by atoms with van der Waals surface area (Å²) in [5.74, 6) is 2.67. The molecule has 0 saturated carbocycles. The molecule has 1 aromatic heterocycles. The van der Waals surface area contributed by atoms with Gasteiger partial charge in [0.05, 0.1) is 4.92 Å². The number of benzene rings is 1. The lowest BCUT2D eigenvalue weighted by Crippen LogP contribution is -1.97. The number of rotatable bonds is 1. The fourth-order valence-electron chi connectivity index (χ4n) is 1.22. The molecule has 0 spiro atoms. The van der Waals surface area contributed by atoms with Crippen LogP contribution in [-0.2, 0) is 0 Å². The van der Waals surface area contributed by atoms with Crippen LogP contribution >= 0.6 is 22.6 Å². The zero-order valence-corrected chi connectivity index (χ0v) is 11.5. The van der Waals surface area contributed by atoms with Crippen molar-refractivity contribution >= 4 is 39.2 Å². The average Bonchev–Trinajstić information content (AvgIpc) is 2.38. The molecule has 2 rings (SSSR count). The molecule has 0 unspecified atom stereocenters. The van der Waals surface area contributed by atoms with Gasteiger partial charge in [-0.25, -0.2) is 4.79 Å². The average molecular weight is 357 g/mol. The molecule has 6 heteroatoms. The van der Waals surface area contributed by atoms with Gasteiger partial charge in [0, 0.05) is 40.1 Å². The number of hydrogen-bond acceptors (Lipinski definition) is 4. The Hall–Kier alpha value is -1.88. The van der Waals surface area contributed by atoms with Gasteiger partial charge in [-0.1, -0.05) is 18.1 Å². The zero-order chi connectivity index (χ0) is 13.5. The minimum atomic E-state index is -0.591. The van der Waals surface area contributed by atoms with Crippen LogP contribution in [0, 0.1) is 20.0 Å². The molecule has 0 N–H and O–H groups in total. The third-order valence-corrected chi connectivity index (χ3v) is 2.46. The van der Waals surface area contributed by atoms with Crippen molar-refractivity contribution in [3.8, 4) is 9.85 Å². The first-order valence-corrected chi connectivity index (χ1v) is 5.87. The monoisotopic (exact) mass is 357 g/mol. The van der Waals surface area contributed by atoms with Gasteiger partial charge in [-0.3, -0.25) is 10.1 Å². The van der Waals surface area contributed by atoms with Crippen LogP contribution in [0.1, 0.15) is 6.92 Å². The molecule has 0 aliphatic heterocycles. The van der Waals surface area contributed by atoms with Gasteiger partial charge in [0.1, 0.15) is 0 Å². The normalized spacial score (nSPS) is 8.78. The van der Waals surface area contributed by atoms with E-state index in [9.17, 15) is 14.9 Å². The van der Waals surface area contributed by atoms with Crippen LogP contribution in [0.3, 0.4) is 0 Å². The second-order valence-electron chi connectivity index (χ2n) is 3.05. The Morgan fingerprint density at radius 1 is 1.33 bits per heavy atom. The summed E-state index contributed by atoms with van der Waals surface area (Å²) in [4.78, 5) is 20.9. The van der Waals surface area contributed by atoms with Crippen molar-refractivity contribution in [2.24, 2.45) is 0 Å². The van der Waals surface area contributed by atoms with E-state index in [-0.39, 0.29) is 11.3 Å². The van der Waals surface area contributed by atoms with Crippen molar-refractivity contribution in [3.05, 3.63) is 50.9 Å². The number of para-hydroxylation sites is 1. The van der Waals surface area contributed by atoms with E-state index in [2.05, 4.69) is 9.85 Å². The molecule has 1 heterocycles. The summed E-state index contributed by atoms with van der Waals surface area (Å²) in [6, 6.07) is 7.21. The molecule has 1 aromatic carbocycles. The van der Waals surface area contributed by atoms with Crippen LogP contribution in [0.15, 0.2) is 39.5 Å². The van der Waals surface area contributed by atoms with Crippen LogP contribution < -0.4 is 5.63 Å². The molecule has 92 valence electrons. The van der Waals surface area contributed by atoms with Crippen molar-refractivity contribution in [3.63, 3.8) is 0 Å². The summed E-state index contributed by atoms with van der Waals surface area (Å²) in [5.41, 5.74) is -0.767. The fraction of sp³-hybridized carbons (Fsp3) is 0.0833. The predicted octanol–water partition coefficient (Wildman–Crippen LogP) is 3.10. The maximum atomic E-state index is 10.9. The Labute approximate surface area is 116 Å². The van der Waals surface area contributed by atoms with Gasteiger partial charge in [0.2, 0.25) is 5.58 Å². The first-order valence-electron chi connectivity index (χ1n) is 4.79. The fourth-order valence-corrected chi connectivity index (χ4v) is 1.22. The number of nitrogens with zero attached hydrogens (tertiary/aromatic N) is 1. The SMILES string of the molecule is CC#CI.O=c1ccc2cccc([N+](=O)[O-])c2o1.